The number of halogens is 1. The summed E-state index contributed by atoms with van der Waals surface area (Å²) >= 11 is 6.24. The summed E-state index contributed by atoms with van der Waals surface area (Å²) in [6.45, 7) is 6.30. The number of ether oxygens (including phenoxy) is 1. The zero-order valence-corrected chi connectivity index (χ0v) is 20.3. The van der Waals surface area contributed by atoms with Crippen LogP contribution in [-0.2, 0) is 24.6 Å². The van der Waals surface area contributed by atoms with Crippen molar-refractivity contribution >= 4 is 37.4 Å². The van der Waals surface area contributed by atoms with Crippen LogP contribution in [0.15, 0.2) is 23.1 Å². The lowest BCUT2D eigenvalue weighted by Gasteiger charge is -2.34. The van der Waals surface area contributed by atoms with Crippen LogP contribution >= 0.6 is 11.6 Å². The van der Waals surface area contributed by atoms with Gasteiger partial charge in [-0.3, -0.25) is 4.79 Å². The van der Waals surface area contributed by atoms with Crippen molar-refractivity contribution < 1.29 is 26.4 Å². The number of benzene rings is 1. The molecule has 0 spiro atoms. The lowest BCUT2D eigenvalue weighted by atomic mass is 10.1. The van der Waals surface area contributed by atoms with Crippen LogP contribution in [0.3, 0.4) is 0 Å². The predicted octanol–water partition coefficient (Wildman–Crippen LogP) is 2.18. The second kappa shape index (κ2) is 9.35. The summed E-state index contributed by atoms with van der Waals surface area (Å²) in [6.07, 6.45) is 0.527. The summed E-state index contributed by atoms with van der Waals surface area (Å²) in [5.41, 5.74) is 0.176. The molecule has 174 valence electrons. The second-order valence-electron chi connectivity index (χ2n) is 8.28. The van der Waals surface area contributed by atoms with Crippen molar-refractivity contribution in [1.82, 2.24) is 9.21 Å². The van der Waals surface area contributed by atoms with Gasteiger partial charge in [-0.05, 0) is 44.9 Å². The van der Waals surface area contributed by atoms with E-state index in [1.54, 1.807) is 18.7 Å². The van der Waals surface area contributed by atoms with E-state index in [2.05, 4.69) is 0 Å². The summed E-state index contributed by atoms with van der Waals surface area (Å²) in [5, 5.41) is 0.0360. The van der Waals surface area contributed by atoms with Gasteiger partial charge >= 0.3 is 0 Å². The minimum atomic E-state index is -3.94. The molecule has 0 aliphatic carbocycles. The Hall–Kier alpha value is -1.20. The fraction of sp³-hybridized carbons (Fsp3) is 0.650. The van der Waals surface area contributed by atoms with E-state index in [-0.39, 0.29) is 58.2 Å². The molecule has 8 nitrogen and oxygen atoms in total. The Morgan fingerprint density at radius 2 is 1.90 bits per heavy atom. The first-order valence-electron chi connectivity index (χ1n) is 10.4. The molecule has 0 radical (unpaired) electrons. The highest BCUT2D eigenvalue weighted by molar-refractivity contribution is 7.91. The van der Waals surface area contributed by atoms with Gasteiger partial charge in [-0.1, -0.05) is 18.5 Å². The summed E-state index contributed by atoms with van der Waals surface area (Å²) in [6, 6.07) is 3.79. The molecule has 3 rings (SSSR count). The SMILES string of the molecule is CCCN(C(=O)c1ccc(Cl)c(S(=O)(=O)N2C[C@@H](C)O[C@@H](C)C2)c1)[C@H]1CCS(=O)(=O)C1. The maximum absolute atomic E-state index is 13.3. The van der Waals surface area contributed by atoms with Crippen LogP contribution in [0.1, 0.15) is 44.0 Å². The Balaban J connectivity index is 1.93. The minimum Gasteiger partial charge on any atom is -0.373 e. The van der Waals surface area contributed by atoms with E-state index in [1.807, 2.05) is 6.92 Å². The molecule has 31 heavy (non-hydrogen) atoms. The third kappa shape index (κ3) is 5.42. The van der Waals surface area contributed by atoms with Crippen molar-refractivity contribution in [2.75, 3.05) is 31.1 Å². The molecular weight excluding hydrogens is 464 g/mol. The third-order valence-corrected chi connectivity index (χ3v) is 9.62. The van der Waals surface area contributed by atoms with Gasteiger partial charge in [0.25, 0.3) is 5.91 Å². The van der Waals surface area contributed by atoms with Gasteiger partial charge in [-0.15, -0.1) is 0 Å². The van der Waals surface area contributed by atoms with E-state index in [9.17, 15) is 21.6 Å². The molecule has 0 unspecified atom stereocenters. The Morgan fingerprint density at radius 3 is 2.45 bits per heavy atom. The molecular formula is C20H29ClN2O6S2. The highest BCUT2D eigenvalue weighted by Gasteiger charge is 2.36. The molecule has 2 fully saturated rings. The van der Waals surface area contributed by atoms with Gasteiger partial charge in [0, 0.05) is 31.2 Å². The number of amides is 1. The Bertz CT molecular complexity index is 1030. The van der Waals surface area contributed by atoms with Crippen molar-refractivity contribution in [3.63, 3.8) is 0 Å². The van der Waals surface area contributed by atoms with Gasteiger partial charge in [0.05, 0.1) is 28.7 Å². The van der Waals surface area contributed by atoms with Crippen molar-refractivity contribution in [3.05, 3.63) is 28.8 Å². The van der Waals surface area contributed by atoms with E-state index < -0.39 is 25.9 Å². The average Bonchev–Trinajstić information content (AvgIpc) is 3.04. The maximum atomic E-state index is 13.3. The quantitative estimate of drug-likeness (QED) is 0.603. The van der Waals surface area contributed by atoms with E-state index >= 15 is 0 Å². The summed E-state index contributed by atoms with van der Waals surface area (Å²) in [4.78, 5) is 14.7. The van der Waals surface area contributed by atoms with Crippen LogP contribution in [0.2, 0.25) is 5.02 Å². The topological polar surface area (TPSA) is 101 Å². The largest absolute Gasteiger partial charge is 0.373 e. The molecule has 1 aromatic rings. The molecule has 2 saturated heterocycles. The standard InChI is InChI=1S/C20H29ClN2O6S2/c1-4-8-23(17-7-9-30(25,26)13-17)20(24)16-5-6-18(21)19(10-16)31(27,28)22-11-14(2)29-15(3)12-22/h5-6,10,14-15,17H,4,7-9,11-13H2,1-3H3/t14-,15+,17-/m0/s1. The van der Waals surface area contributed by atoms with Gasteiger partial charge in [0.2, 0.25) is 10.0 Å². The van der Waals surface area contributed by atoms with Crippen molar-refractivity contribution in [1.29, 1.82) is 0 Å². The monoisotopic (exact) mass is 492 g/mol. The Morgan fingerprint density at radius 1 is 1.26 bits per heavy atom. The third-order valence-electron chi connectivity index (χ3n) is 5.56. The van der Waals surface area contributed by atoms with E-state index in [4.69, 9.17) is 16.3 Å². The van der Waals surface area contributed by atoms with Crippen LogP contribution in [-0.4, -0.2) is 81.3 Å². The van der Waals surface area contributed by atoms with Gasteiger partial charge in [0.1, 0.15) is 4.90 Å². The smallest absolute Gasteiger partial charge is 0.254 e. The first-order valence-corrected chi connectivity index (χ1v) is 14.0. The fourth-order valence-electron chi connectivity index (χ4n) is 4.18. The zero-order valence-electron chi connectivity index (χ0n) is 18.0. The Kier molecular flexibility index (Phi) is 7.37. The van der Waals surface area contributed by atoms with Gasteiger partial charge in [-0.2, -0.15) is 4.31 Å². The number of hydrogen-bond donors (Lipinski definition) is 0. The molecule has 3 atom stereocenters. The van der Waals surface area contributed by atoms with Crippen LogP contribution in [0, 0.1) is 0 Å². The van der Waals surface area contributed by atoms with E-state index in [0.29, 0.717) is 19.4 Å². The number of sulfonamides is 1. The Labute approximate surface area is 189 Å². The molecule has 11 heteroatoms. The number of nitrogens with zero attached hydrogens (tertiary/aromatic N) is 2. The summed E-state index contributed by atoms with van der Waals surface area (Å²) in [7, 11) is -7.10. The number of sulfone groups is 1. The highest BCUT2D eigenvalue weighted by Crippen LogP contribution is 2.29. The molecule has 2 aliphatic rings. The molecule has 0 bridgehead atoms. The first kappa shape index (κ1) is 24.4. The number of hydrogen-bond acceptors (Lipinski definition) is 6. The van der Waals surface area contributed by atoms with Crippen molar-refractivity contribution in [2.45, 2.75) is 56.8 Å². The highest BCUT2D eigenvalue weighted by atomic mass is 35.5. The molecule has 0 saturated carbocycles. The average molecular weight is 493 g/mol. The minimum absolute atomic E-state index is 0.0360. The molecule has 2 aliphatic heterocycles. The van der Waals surface area contributed by atoms with E-state index in [0.717, 1.165) is 0 Å². The number of carbonyl (C=O) groups excluding carboxylic acids is 1. The van der Waals surface area contributed by atoms with Crippen molar-refractivity contribution in [3.8, 4) is 0 Å². The summed E-state index contributed by atoms with van der Waals surface area (Å²) in [5.74, 6) is -0.402. The van der Waals surface area contributed by atoms with Crippen LogP contribution in [0.4, 0.5) is 0 Å². The molecule has 1 amide bonds. The lowest BCUT2D eigenvalue weighted by molar-refractivity contribution is -0.0440. The maximum Gasteiger partial charge on any atom is 0.254 e. The van der Waals surface area contributed by atoms with Crippen LogP contribution in [0.25, 0.3) is 0 Å². The van der Waals surface area contributed by atoms with Gasteiger partial charge < -0.3 is 9.64 Å². The first-order chi connectivity index (χ1) is 14.4. The fourth-order valence-corrected chi connectivity index (χ4v) is 8.00. The van der Waals surface area contributed by atoms with Crippen LogP contribution < -0.4 is 0 Å². The van der Waals surface area contributed by atoms with Gasteiger partial charge in [-0.25, -0.2) is 16.8 Å². The van der Waals surface area contributed by atoms with Crippen molar-refractivity contribution in [2.24, 2.45) is 0 Å². The predicted molar refractivity (Wildman–Crippen MR) is 119 cm³/mol. The molecule has 0 aromatic heterocycles. The zero-order chi connectivity index (χ0) is 23.0. The van der Waals surface area contributed by atoms with Crippen LogP contribution in [0.5, 0.6) is 0 Å². The lowest BCUT2D eigenvalue weighted by Crippen LogP contribution is -2.48. The summed E-state index contributed by atoms with van der Waals surface area (Å²) < 4.78 is 57.4. The van der Waals surface area contributed by atoms with E-state index in [1.165, 1.54) is 22.5 Å². The molecule has 1 aromatic carbocycles. The normalized spacial score (nSPS) is 26.6. The number of rotatable bonds is 6. The number of carbonyl (C=O) groups is 1. The second-order valence-corrected chi connectivity index (χ2v) is 12.8. The van der Waals surface area contributed by atoms with Gasteiger partial charge in [0.15, 0.2) is 9.84 Å². The molecule has 2 heterocycles. The molecule has 0 N–H and O–H groups in total. The number of morpholine rings is 1.